The molecule has 4 rings (SSSR count). The molecule has 146 valence electrons. The number of urea groups is 1. The van der Waals surface area contributed by atoms with Crippen LogP contribution >= 0.6 is 11.8 Å². The van der Waals surface area contributed by atoms with E-state index in [0.717, 1.165) is 43.4 Å². The summed E-state index contributed by atoms with van der Waals surface area (Å²) in [5.74, 6) is 1.42. The Hall–Kier alpha value is -1.89. The summed E-state index contributed by atoms with van der Waals surface area (Å²) in [4.78, 5) is 26.1. The van der Waals surface area contributed by atoms with Crippen molar-refractivity contribution in [3.05, 3.63) is 29.8 Å². The van der Waals surface area contributed by atoms with Gasteiger partial charge in [0.05, 0.1) is 12.1 Å². The van der Waals surface area contributed by atoms with Crippen LogP contribution in [-0.2, 0) is 11.3 Å². The number of rotatable bonds is 8. The van der Waals surface area contributed by atoms with E-state index in [9.17, 15) is 14.7 Å². The molecule has 0 spiro atoms. The van der Waals surface area contributed by atoms with Gasteiger partial charge >= 0.3 is 6.03 Å². The van der Waals surface area contributed by atoms with Crippen molar-refractivity contribution in [2.45, 2.75) is 68.4 Å². The molecule has 3 amide bonds. The Kier molecular flexibility index (Phi) is 5.48. The van der Waals surface area contributed by atoms with E-state index >= 15 is 0 Å². The standard InChI is InChI=1S/C20H27N3O3S/c24-16-6-2-1-5-13(16)11-23(14-9-10-14)18(25)8-4-3-7-17-19-15(12-27-17)21-20(26)22-19/h1-2,5-6,14-15,17,19,24H,3-4,7-12H2,(H2,21,22,26)/t15-,17-,19-/m0/s1. The lowest BCUT2D eigenvalue weighted by atomic mass is 10.0. The number of phenols is 1. The zero-order valence-corrected chi connectivity index (χ0v) is 16.2. The van der Waals surface area contributed by atoms with E-state index in [1.54, 1.807) is 12.1 Å². The molecule has 27 heavy (non-hydrogen) atoms. The van der Waals surface area contributed by atoms with Crippen molar-refractivity contribution < 1.29 is 14.7 Å². The lowest BCUT2D eigenvalue weighted by Crippen LogP contribution is -2.36. The van der Waals surface area contributed by atoms with Crippen molar-refractivity contribution in [2.24, 2.45) is 0 Å². The molecule has 1 aromatic carbocycles. The van der Waals surface area contributed by atoms with E-state index in [2.05, 4.69) is 10.6 Å². The van der Waals surface area contributed by atoms with Crippen LogP contribution in [0.5, 0.6) is 5.75 Å². The number of carbonyl (C=O) groups is 2. The molecular formula is C20H27N3O3S. The highest BCUT2D eigenvalue weighted by atomic mass is 32.2. The minimum absolute atomic E-state index is 0.0466. The first kappa shape index (κ1) is 18.5. The van der Waals surface area contributed by atoms with Crippen LogP contribution in [-0.4, -0.2) is 51.1 Å². The molecule has 0 aromatic heterocycles. The second kappa shape index (κ2) is 8.00. The summed E-state index contributed by atoms with van der Waals surface area (Å²) < 4.78 is 0. The molecule has 1 saturated carbocycles. The molecule has 0 unspecified atom stereocenters. The third kappa shape index (κ3) is 4.34. The normalized spacial score (nSPS) is 26.4. The molecule has 6 nitrogen and oxygen atoms in total. The van der Waals surface area contributed by atoms with Crippen molar-refractivity contribution in [3.63, 3.8) is 0 Å². The first-order valence-electron chi connectivity index (χ1n) is 9.87. The average Bonchev–Trinajstić information content (AvgIpc) is 3.33. The van der Waals surface area contributed by atoms with Gasteiger partial charge < -0.3 is 20.6 Å². The van der Waals surface area contributed by atoms with Crippen LogP contribution in [0.2, 0.25) is 0 Å². The minimum atomic E-state index is -0.0466. The topological polar surface area (TPSA) is 81.7 Å². The highest BCUT2D eigenvalue weighted by Gasteiger charge is 2.42. The van der Waals surface area contributed by atoms with Crippen LogP contribution in [0.4, 0.5) is 4.79 Å². The summed E-state index contributed by atoms with van der Waals surface area (Å²) in [6.45, 7) is 0.496. The van der Waals surface area contributed by atoms with Crippen molar-refractivity contribution in [2.75, 3.05) is 5.75 Å². The first-order valence-corrected chi connectivity index (χ1v) is 10.9. The number of hydrogen-bond acceptors (Lipinski definition) is 4. The smallest absolute Gasteiger partial charge is 0.315 e. The highest BCUT2D eigenvalue weighted by molar-refractivity contribution is 8.00. The molecule has 2 saturated heterocycles. The Bertz CT molecular complexity index is 709. The molecule has 7 heteroatoms. The highest BCUT2D eigenvalue weighted by Crippen LogP contribution is 2.34. The van der Waals surface area contributed by atoms with E-state index in [1.165, 1.54) is 0 Å². The molecule has 1 aliphatic carbocycles. The van der Waals surface area contributed by atoms with Crippen LogP contribution in [0.1, 0.15) is 44.1 Å². The average molecular weight is 390 g/mol. The van der Waals surface area contributed by atoms with Gasteiger partial charge in [-0.05, 0) is 31.7 Å². The van der Waals surface area contributed by atoms with E-state index in [4.69, 9.17) is 0 Å². The lowest BCUT2D eigenvalue weighted by Gasteiger charge is -2.23. The predicted molar refractivity (Wildman–Crippen MR) is 106 cm³/mol. The zero-order chi connectivity index (χ0) is 18.8. The van der Waals surface area contributed by atoms with Gasteiger partial charge in [0.25, 0.3) is 0 Å². The number of benzene rings is 1. The number of nitrogens with one attached hydrogen (secondary N) is 2. The van der Waals surface area contributed by atoms with Crippen LogP contribution < -0.4 is 10.6 Å². The molecular weight excluding hydrogens is 362 g/mol. The largest absolute Gasteiger partial charge is 0.508 e. The lowest BCUT2D eigenvalue weighted by molar-refractivity contribution is -0.132. The number of para-hydroxylation sites is 1. The second-order valence-corrected chi connectivity index (χ2v) is 9.02. The molecule has 2 aliphatic heterocycles. The molecule has 2 heterocycles. The Balaban J connectivity index is 1.23. The Morgan fingerprint density at radius 1 is 1.22 bits per heavy atom. The van der Waals surface area contributed by atoms with Crippen LogP contribution in [0.15, 0.2) is 24.3 Å². The summed E-state index contributed by atoms with van der Waals surface area (Å²) in [6.07, 6.45) is 5.59. The second-order valence-electron chi connectivity index (χ2n) is 7.75. The number of carbonyl (C=O) groups excluding carboxylic acids is 2. The molecule has 0 bridgehead atoms. The fourth-order valence-electron chi connectivity index (χ4n) is 4.04. The Morgan fingerprint density at radius 3 is 2.81 bits per heavy atom. The van der Waals surface area contributed by atoms with Crippen LogP contribution in [0.3, 0.4) is 0 Å². The molecule has 0 radical (unpaired) electrons. The predicted octanol–water partition coefficient (Wildman–Crippen LogP) is 2.61. The van der Waals surface area contributed by atoms with Gasteiger partial charge in [0.2, 0.25) is 5.91 Å². The zero-order valence-electron chi connectivity index (χ0n) is 15.4. The number of thioether (sulfide) groups is 1. The summed E-state index contributed by atoms with van der Waals surface area (Å²) in [7, 11) is 0. The Morgan fingerprint density at radius 2 is 2.04 bits per heavy atom. The first-order chi connectivity index (χ1) is 13.1. The van der Waals surface area contributed by atoms with Gasteiger partial charge in [-0.25, -0.2) is 4.79 Å². The van der Waals surface area contributed by atoms with Gasteiger partial charge in [-0.15, -0.1) is 0 Å². The minimum Gasteiger partial charge on any atom is -0.508 e. The van der Waals surface area contributed by atoms with Gasteiger partial charge in [0.15, 0.2) is 0 Å². The van der Waals surface area contributed by atoms with Crippen molar-refractivity contribution in [1.82, 2.24) is 15.5 Å². The summed E-state index contributed by atoms with van der Waals surface area (Å²) >= 11 is 1.92. The number of hydrogen-bond donors (Lipinski definition) is 3. The Labute approximate surface area is 164 Å². The maximum absolute atomic E-state index is 12.7. The number of phenolic OH excluding ortho intramolecular Hbond substituents is 1. The summed E-state index contributed by atoms with van der Waals surface area (Å²) in [6, 6.07) is 8.05. The van der Waals surface area contributed by atoms with Crippen molar-refractivity contribution in [1.29, 1.82) is 0 Å². The van der Waals surface area contributed by atoms with Crippen molar-refractivity contribution >= 4 is 23.7 Å². The van der Waals surface area contributed by atoms with E-state index in [-0.39, 0.29) is 29.8 Å². The maximum Gasteiger partial charge on any atom is 0.315 e. The van der Waals surface area contributed by atoms with E-state index in [1.807, 2.05) is 28.8 Å². The SMILES string of the molecule is O=C1N[C@H]2[C@H](CS[C@H]2CCCCC(=O)N(Cc2ccccc2O)C2CC2)N1. The maximum atomic E-state index is 12.7. The third-order valence-corrected chi connectivity index (χ3v) is 7.22. The molecule has 3 N–H and O–H groups in total. The van der Waals surface area contributed by atoms with E-state index < -0.39 is 0 Å². The number of unbranched alkanes of at least 4 members (excludes halogenated alkanes) is 1. The van der Waals surface area contributed by atoms with Gasteiger partial charge in [-0.1, -0.05) is 24.6 Å². The number of amides is 3. The summed E-state index contributed by atoms with van der Waals surface area (Å²) in [5.41, 5.74) is 0.815. The molecule has 3 aliphatic rings. The molecule has 3 fully saturated rings. The molecule has 3 atom stereocenters. The van der Waals surface area contributed by atoms with Crippen molar-refractivity contribution in [3.8, 4) is 5.75 Å². The van der Waals surface area contributed by atoms with Gasteiger partial charge in [-0.3, -0.25) is 4.79 Å². The molecule has 1 aromatic rings. The number of aromatic hydroxyl groups is 1. The third-order valence-electron chi connectivity index (χ3n) is 5.71. The van der Waals surface area contributed by atoms with E-state index in [0.29, 0.717) is 24.3 Å². The van der Waals surface area contributed by atoms with Gasteiger partial charge in [0.1, 0.15) is 5.75 Å². The van der Waals surface area contributed by atoms with Gasteiger partial charge in [0, 0.05) is 35.6 Å². The number of fused-ring (bicyclic) bond motifs is 1. The van der Waals surface area contributed by atoms with Crippen LogP contribution in [0.25, 0.3) is 0 Å². The monoisotopic (exact) mass is 389 g/mol. The quantitative estimate of drug-likeness (QED) is 0.472. The summed E-state index contributed by atoms with van der Waals surface area (Å²) in [5, 5.41) is 16.4. The number of nitrogens with zero attached hydrogens (tertiary/aromatic N) is 1. The fraction of sp³-hybridized carbons (Fsp3) is 0.600. The van der Waals surface area contributed by atoms with Gasteiger partial charge in [-0.2, -0.15) is 11.8 Å². The van der Waals surface area contributed by atoms with Crippen LogP contribution in [0, 0.1) is 0 Å². The fourth-order valence-corrected chi connectivity index (χ4v) is 5.59.